The third-order valence-corrected chi connectivity index (χ3v) is 2.88. The molecule has 0 amide bonds. The van der Waals surface area contributed by atoms with Gasteiger partial charge in [0.25, 0.3) is 0 Å². The van der Waals surface area contributed by atoms with Gasteiger partial charge in [-0.2, -0.15) is 0 Å². The van der Waals surface area contributed by atoms with Crippen LogP contribution in [0.1, 0.15) is 14.7 Å². The van der Waals surface area contributed by atoms with Crippen LogP contribution in [-0.2, 0) is 0 Å². The number of aromatic nitrogens is 1. The quantitative estimate of drug-likeness (QED) is 0.729. The molecule has 0 radical (unpaired) electrons. The first-order valence-corrected chi connectivity index (χ1v) is 5.21. The van der Waals surface area contributed by atoms with E-state index in [-0.39, 0.29) is 5.82 Å². The molecule has 0 aliphatic rings. The van der Waals surface area contributed by atoms with Gasteiger partial charge in [-0.05, 0) is 31.2 Å². The molecule has 2 nitrogen and oxygen atoms in total. The Morgan fingerprint density at radius 2 is 2.00 bits per heavy atom. The van der Waals surface area contributed by atoms with Crippen molar-refractivity contribution in [2.75, 3.05) is 0 Å². The summed E-state index contributed by atoms with van der Waals surface area (Å²) in [6, 6.07) is 5.96. The van der Waals surface area contributed by atoms with Crippen molar-refractivity contribution in [1.82, 2.24) is 4.98 Å². The lowest BCUT2D eigenvalue weighted by Crippen LogP contribution is -1.84. The molecule has 15 heavy (non-hydrogen) atoms. The van der Waals surface area contributed by atoms with Gasteiger partial charge in [-0.3, -0.25) is 4.79 Å². The van der Waals surface area contributed by atoms with Gasteiger partial charge in [0.2, 0.25) is 0 Å². The van der Waals surface area contributed by atoms with E-state index in [9.17, 15) is 9.18 Å². The van der Waals surface area contributed by atoms with Crippen molar-refractivity contribution in [2.45, 2.75) is 6.92 Å². The van der Waals surface area contributed by atoms with Crippen LogP contribution >= 0.6 is 11.3 Å². The van der Waals surface area contributed by atoms with Crippen molar-refractivity contribution in [3.63, 3.8) is 0 Å². The van der Waals surface area contributed by atoms with Crippen LogP contribution in [0.25, 0.3) is 11.3 Å². The molecular weight excluding hydrogens is 213 g/mol. The van der Waals surface area contributed by atoms with E-state index < -0.39 is 0 Å². The fourth-order valence-electron chi connectivity index (χ4n) is 1.34. The summed E-state index contributed by atoms with van der Waals surface area (Å²) in [7, 11) is 0. The summed E-state index contributed by atoms with van der Waals surface area (Å²) >= 11 is 1.34. The second-order valence-corrected chi connectivity index (χ2v) is 4.31. The van der Waals surface area contributed by atoms with Gasteiger partial charge < -0.3 is 0 Å². The van der Waals surface area contributed by atoms with E-state index in [1.807, 2.05) is 6.92 Å². The van der Waals surface area contributed by atoms with E-state index in [0.717, 1.165) is 16.9 Å². The lowest BCUT2D eigenvalue weighted by atomic mass is 10.1. The van der Waals surface area contributed by atoms with Crippen LogP contribution in [0.2, 0.25) is 0 Å². The first-order chi connectivity index (χ1) is 7.20. The van der Waals surface area contributed by atoms with Gasteiger partial charge in [-0.25, -0.2) is 9.37 Å². The molecule has 0 N–H and O–H groups in total. The number of benzene rings is 1. The smallest absolute Gasteiger partial charge is 0.162 e. The number of thiazole rings is 1. The van der Waals surface area contributed by atoms with Crippen molar-refractivity contribution in [3.05, 3.63) is 40.0 Å². The largest absolute Gasteiger partial charge is 0.297 e. The average Bonchev–Trinajstić information content (AvgIpc) is 2.61. The van der Waals surface area contributed by atoms with Crippen molar-refractivity contribution in [3.8, 4) is 11.3 Å². The van der Waals surface area contributed by atoms with Gasteiger partial charge in [-0.1, -0.05) is 0 Å². The van der Waals surface area contributed by atoms with Gasteiger partial charge in [0.1, 0.15) is 5.82 Å². The minimum Gasteiger partial charge on any atom is -0.297 e. The number of aldehydes is 1. The number of rotatable bonds is 2. The molecule has 0 fully saturated rings. The number of carbonyl (C=O) groups excluding carboxylic acids is 1. The third kappa shape index (κ3) is 1.94. The lowest BCUT2D eigenvalue weighted by Gasteiger charge is -1.97. The maximum absolute atomic E-state index is 12.7. The summed E-state index contributed by atoms with van der Waals surface area (Å²) in [4.78, 5) is 15.6. The maximum atomic E-state index is 12.7. The fraction of sp³-hybridized carbons (Fsp3) is 0.0909. The summed E-state index contributed by atoms with van der Waals surface area (Å²) in [5, 5.41) is 0.830. The Balaban J connectivity index is 2.52. The second-order valence-electron chi connectivity index (χ2n) is 3.07. The summed E-state index contributed by atoms with van der Waals surface area (Å²) in [6.45, 7) is 1.84. The Labute approximate surface area is 90.4 Å². The van der Waals surface area contributed by atoms with E-state index in [2.05, 4.69) is 4.98 Å². The SMILES string of the molecule is Cc1nc(-c2ccc(F)cc2)c(C=O)s1. The molecule has 76 valence electrons. The highest BCUT2D eigenvalue weighted by molar-refractivity contribution is 7.13. The fourth-order valence-corrected chi connectivity index (χ4v) is 2.10. The highest BCUT2D eigenvalue weighted by atomic mass is 32.1. The Morgan fingerprint density at radius 1 is 1.33 bits per heavy atom. The molecule has 4 heteroatoms. The zero-order chi connectivity index (χ0) is 10.8. The molecule has 0 aliphatic carbocycles. The summed E-state index contributed by atoms with van der Waals surface area (Å²) in [6.07, 6.45) is 0.781. The van der Waals surface area contributed by atoms with Crippen molar-refractivity contribution in [1.29, 1.82) is 0 Å². The lowest BCUT2D eigenvalue weighted by molar-refractivity contribution is 0.112. The molecule has 1 aromatic heterocycles. The van der Waals surface area contributed by atoms with Crippen LogP contribution in [-0.4, -0.2) is 11.3 Å². The van der Waals surface area contributed by atoms with Crippen LogP contribution in [0.3, 0.4) is 0 Å². The number of carbonyl (C=O) groups is 1. The molecule has 0 saturated carbocycles. The monoisotopic (exact) mass is 221 g/mol. The van der Waals surface area contributed by atoms with Gasteiger partial charge in [-0.15, -0.1) is 11.3 Å². The Bertz CT molecular complexity index is 490. The molecule has 1 heterocycles. The molecule has 0 aliphatic heterocycles. The second kappa shape index (κ2) is 3.90. The maximum Gasteiger partial charge on any atom is 0.162 e. The predicted octanol–water partition coefficient (Wildman–Crippen LogP) is 3.07. The Morgan fingerprint density at radius 3 is 2.60 bits per heavy atom. The van der Waals surface area contributed by atoms with Crippen LogP contribution in [0.15, 0.2) is 24.3 Å². The first kappa shape index (κ1) is 9.98. The normalized spacial score (nSPS) is 10.3. The highest BCUT2D eigenvalue weighted by Crippen LogP contribution is 2.26. The van der Waals surface area contributed by atoms with Crippen LogP contribution in [0.5, 0.6) is 0 Å². The van der Waals surface area contributed by atoms with Crippen molar-refractivity contribution < 1.29 is 9.18 Å². The van der Waals surface area contributed by atoms with E-state index in [1.165, 1.54) is 23.5 Å². The summed E-state index contributed by atoms with van der Waals surface area (Å²) in [5.41, 5.74) is 1.40. The summed E-state index contributed by atoms with van der Waals surface area (Å²) in [5.74, 6) is -0.293. The van der Waals surface area contributed by atoms with Crippen molar-refractivity contribution >= 4 is 17.6 Å². The molecule has 0 saturated heterocycles. The first-order valence-electron chi connectivity index (χ1n) is 4.39. The van der Waals surface area contributed by atoms with Gasteiger partial charge in [0, 0.05) is 5.56 Å². The Kier molecular flexibility index (Phi) is 2.60. The van der Waals surface area contributed by atoms with Crippen LogP contribution in [0.4, 0.5) is 4.39 Å². The van der Waals surface area contributed by atoms with E-state index in [4.69, 9.17) is 0 Å². The molecule has 2 rings (SSSR count). The van der Waals surface area contributed by atoms with Gasteiger partial charge in [0.05, 0.1) is 15.6 Å². The van der Waals surface area contributed by atoms with Crippen molar-refractivity contribution in [2.24, 2.45) is 0 Å². The van der Waals surface area contributed by atoms with E-state index >= 15 is 0 Å². The minimum atomic E-state index is -0.293. The molecule has 0 bridgehead atoms. The average molecular weight is 221 g/mol. The standard InChI is InChI=1S/C11H8FNOS/c1-7-13-11(10(6-14)15-7)8-2-4-9(12)5-3-8/h2-6H,1H3. The Hall–Kier alpha value is -1.55. The number of nitrogens with zero attached hydrogens (tertiary/aromatic N) is 1. The van der Waals surface area contributed by atoms with E-state index in [0.29, 0.717) is 10.6 Å². The molecule has 1 aromatic carbocycles. The zero-order valence-electron chi connectivity index (χ0n) is 8.03. The molecule has 0 atom stereocenters. The van der Waals surface area contributed by atoms with Gasteiger partial charge >= 0.3 is 0 Å². The number of halogens is 1. The predicted molar refractivity (Wildman–Crippen MR) is 57.6 cm³/mol. The molecular formula is C11H8FNOS. The number of aryl methyl sites for hydroxylation is 1. The van der Waals surface area contributed by atoms with Crippen LogP contribution < -0.4 is 0 Å². The summed E-state index contributed by atoms with van der Waals surface area (Å²) < 4.78 is 12.7. The molecule has 0 unspecified atom stereocenters. The number of hydrogen-bond acceptors (Lipinski definition) is 3. The van der Waals surface area contributed by atoms with Gasteiger partial charge in [0.15, 0.2) is 6.29 Å². The molecule has 2 aromatic rings. The topological polar surface area (TPSA) is 30.0 Å². The third-order valence-electron chi connectivity index (χ3n) is 1.99. The number of hydrogen-bond donors (Lipinski definition) is 0. The molecule has 0 spiro atoms. The zero-order valence-corrected chi connectivity index (χ0v) is 8.84. The van der Waals surface area contributed by atoms with Crippen LogP contribution in [0, 0.1) is 12.7 Å². The van der Waals surface area contributed by atoms with E-state index in [1.54, 1.807) is 12.1 Å². The highest BCUT2D eigenvalue weighted by Gasteiger charge is 2.10. The minimum absolute atomic E-state index is 0.293.